The van der Waals surface area contributed by atoms with E-state index >= 15 is 0 Å². The first-order valence-corrected chi connectivity index (χ1v) is 9.45. The number of carboxylic acid groups (broad SMARTS) is 1. The molecule has 0 aromatic carbocycles. The van der Waals surface area contributed by atoms with Gasteiger partial charge in [0.15, 0.2) is 0 Å². The second-order valence-electron chi connectivity index (χ2n) is 8.70. The van der Waals surface area contributed by atoms with Crippen LogP contribution in [-0.2, 0) is 14.3 Å². The van der Waals surface area contributed by atoms with Crippen LogP contribution in [0.1, 0.15) is 79.6 Å². The smallest absolute Gasteiger partial charge is 0.408 e. The molecule has 0 aromatic rings. The van der Waals surface area contributed by atoms with Crippen molar-refractivity contribution in [2.45, 2.75) is 96.7 Å². The zero-order valence-corrected chi connectivity index (χ0v) is 16.7. The molecule has 150 valence electrons. The van der Waals surface area contributed by atoms with Crippen molar-refractivity contribution in [2.24, 2.45) is 5.92 Å². The van der Waals surface area contributed by atoms with Crippen molar-refractivity contribution >= 4 is 18.0 Å². The molecular formula is C19H34N2O5. The van der Waals surface area contributed by atoms with Crippen molar-refractivity contribution in [3.05, 3.63) is 0 Å². The van der Waals surface area contributed by atoms with Crippen LogP contribution in [0.3, 0.4) is 0 Å². The maximum atomic E-state index is 12.5. The molecule has 0 heterocycles. The zero-order chi connectivity index (χ0) is 20.0. The normalized spacial score (nSPS) is 17.3. The standard InChI is InChI=1S/C19H34N2O5/c1-18(2,3)26-17(25)21-19(4,5)16(24)20-14(15(22)23)12-11-13-9-7-6-8-10-13/h13-14H,6-12H2,1-5H3,(H,20,24)(H,21,25)(H,22,23)/t14-/m1/s1. The Labute approximate surface area is 156 Å². The van der Waals surface area contributed by atoms with Crippen LogP contribution < -0.4 is 10.6 Å². The summed E-state index contributed by atoms with van der Waals surface area (Å²) in [5.41, 5.74) is -1.96. The molecule has 26 heavy (non-hydrogen) atoms. The van der Waals surface area contributed by atoms with Crippen LogP contribution in [-0.4, -0.2) is 40.3 Å². The van der Waals surface area contributed by atoms with E-state index in [2.05, 4.69) is 10.6 Å². The predicted molar refractivity (Wildman–Crippen MR) is 98.8 cm³/mol. The quantitative estimate of drug-likeness (QED) is 0.638. The third kappa shape index (κ3) is 8.06. The van der Waals surface area contributed by atoms with Crippen molar-refractivity contribution in [3.63, 3.8) is 0 Å². The number of hydrogen-bond donors (Lipinski definition) is 3. The minimum atomic E-state index is -1.28. The van der Waals surface area contributed by atoms with E-state index in [1.54, 1.807) is 20.8 Å². The van der Waals surface area contributed by atoms with E-state index in [0.29, 0.717) is 12.3 Å². The highest BCUT2D eigenvalue weighted by Gasteiger charge is 2.34. The third-order valence-corrected chi connectivity index (χ3v) is 4.57. The SMILES string of the molecule is CC(C)(C)OC(=O)NC(C)(C)C(=O)N[C@H](CCC1CCCCC1)C(=O)O. The molecule has 0 aliphatic heterocycles. The first-order valence-electron chi connectivity index (χ1n) is 9.45. The van der Waals surface area contributed by atoms with E-state index in [4.69, 9.17) is 4.74 Å². The lowest BCUT2D eigenvalue weighted by Gasteiger charge is -2.29. The summed E-state index contributed by atoms with van der Waals surface area (Å²) in [6, 6.07) is -0.955. The topological polar surface area (TPSA) is 105 Å². The molecule has 1 atom stereocenters. The molecule has 2 amide bonds. The number of aliphatic carboxylic acids is 1. The molecule has 1 saturated carbocycles. The highest BCUT2D eigenvalue weighted by atomic mass is 16.6. The second kappa shape index (κ2) is 9.24. The van der Waals surface area contributed by atoms with Gasteiger partial charge in [0, 0.05) is 0 Å². The number of rotatable bonds is 7. The predicted octanol–water partition coefficient (Wildman–Crippen LogP) is 3.22. The van der Waals surface area contributed by atoms with Crippen LogP contribution in [0, 0.1) is 5.92 Å². The molecule has 3 N–H and O–H groups in total. The first-order chi connectivity index (χ1) is 11.9. The second-order valence-corrected chi connectivity index (χ2v) is 8.70. The van der Waals surface area contributed by atoms with Gasteiger partial charge in [-0.15, -0.1) is 0 Å². The van der Waals surface area contributed by atoms with Crippen molar-refractivity contribution in [1.29, 1.82) is 0 Å². The molecule has 0 unspecified atom stereocenters. The van der Waals surface area contributed by atoms with E-state index in [-0.39, 0.29) is 0 Å². The van der Waals surface area contributed by atoms with Gasteiger partial charge in [0.2, 0.25) is 5.91 Å². The van der Waals surface area contributed by atoms with Gasteiger partial charge in [-0.1, -0.05) is 32.1 Å². The van der Waals surface area contributed by atoms with Crippen LogP contribution >= 0.6 is 0 Å². The Bertz CT molecular complexity index is 505. The molecule has 1 fully saturated rings. The van der Waals surface area contributed by atoms with Crippen molar-refractivity contribution < 1.29 is 24.2 Å². The summed E-state index contributed by atoms with van der Waals surface area (Å²) in [6.45, 7) is 8.22. The Kier molecular flexibility index (Phi) is 7.90. The summed E-state index contributed by atoms with van der Waals surface area (Å²) in [7, 11) is 0. The van der Waals surface area contributed by atoms with E-state index in [0.717, 1.165) is 19.3 Å². The van der Waals surface area contributed by atoms with Gasteiger partial charge in [-0.25, -0.2) is 9.59 Å². The lowest BCUT2D eigenvalue weighted by molar-refractivity contribution is -0.143. The first kappa shape index (κ1) is 22.3. The summed E-state index contributed by atoms with van der Waals surface area (Å²) >= 11 is 0. The lowest BCUT2D eigenvalue weighted by Crippen LogP contribution is -2.58. The lowest BCUT2D eigenvalue weighted by atomic mass is 9.85. The average molecular weight is 370 g/mol. The molecular weight excluding hydrogens is 336 g/mol. The maximum absolute atomic E-state index is 12.5. The van der Waals surface area contributed by atoms with Gasteiger partial charge in [-0.3, -0.25) is 4.79 Å². The van der Waals surface area contributed by atoms with Gasteiger partial charge in [-0.05, 0) is 53.4 Å². The van der Waals surface area contributed by atoms with Gasteiger partial charge in [0.25, 0.3) is 0 Å². The van der Waals surface area contributed by atoms with E-state index in [1.165, 1.54) is 33.1 Å². The van der Waals surface area contributed by atoms with Crippen molar-refractivity contribution in [1.82, 2.24) is 10.6 Å². The number of carbonyl (C=O) groups is 3. The van der Waals surface area contributed by atoms with E-state index in [9.17, 15) is 19.5 Å². The minimum absolute atomic E-state index is 0.397. The molecule has 1 aliphatic carbocycles. The summed E-state index contributed by atoms with van der Waals surface area (Å²) in [5, 5.41) is 14.5. The fraction of sp³-hybridized carbons (Fsp3) is 0.842. The Balaban J connectivity index is 2.58. The fourth-order valence-electron chi connectivity index (χ4n) is 3.09. The van der Waals surface area contributed by atoms with Crippen LogP contribution in [0.4, 0.5) is 4.79 Å². The Hall–Kier alpha value is -1.79. The highest BCUT2D eigenvalue weighted by molar-refractivity contribution is 5.92. The molecule has 7 heteroatoms. The minimum Gasteiger partial charge on any atom is -0.480 e. The summed E-state index contributed by atoms with van der Waals surface area (Å²) in [5.74, 6) is -1.06. The number of ether oxygens (including phenoxy) is 1. The van der Waals surface area contributed by atoms with Crippen molar-refractivity contribution in [2.75, 3.05) is 0 Å². The molecule has 1 aliphatic rings. The monoisotopic (exact) mass is 370 g/mol. The number of alkyl carbamates (subject to hydrolysis) is 1. The Morgan fingerprint density at radius 3 is 2.15 bits per heavy atom. The molecule has 1 rings (SSSR count). The van der Waals surface area contributed by atoms with Gasteiger partial charge in [-0.2, -0.15) is 0 Å². The van der Waals surface area contributed by atoms with E-state index < -0.39 is 35.2 Å². The van der Waals surface area contributed by atoms with E-state index in [1.807, 2.05) is 0 Å². The van der Waals surface area contributed by atoms with Crippen LogP contribution in [0.25, 0.3) is 0 Å². The average Bonchev–Trinajstić information content (AvgIpc) is 2.49. The third-order valence-electron chi connectivity index (χ3n) is 4.57. The van der Waals surface area contributed by atoms with Gasteiger partial charge < -0.3 is 20.5 Å². The maximum Gasteiger partial charge on any atom is 0.408 e. The summed E-state index contributed by atoms with van der Waals surface area (Å²) in [6.07, 6.45) is 6.37. The largest absolute Gasteiger partial charge is 0.480 e. The number of amides is 2. The van der Waals surface area contributed by atoms with Gasteiger partial charge in [0.1, 0.15) is 17.2 Å². The highest BCUT2D eigenvalue weighted by Crippen LogP contribution is 2.27. The fourth-order valence-corrected chi connectivity index (χ4v) is 3.09. The number of hydrogen-bond acceptors (Lipinski definition) is 4. The van der Waals surface area contributed by atoms with Crippen LogP contribution in [0.2, 0.25) is 0 Å². The summed E-state index contributed by atoms with van der Waals surface area (Å²) < 4.78 is 5.16. The molecule has 0 saturated heterocycles. The molecule has 0 aromatic heterocycles. The molecule has 0 radical (unpaired) electrons. The van der Waals surface area contributed by atoms with Crippen molar-refractivity contribution in [3.8, 4) is 0 Å². The van der Waals surface area contributed by atoms with Crippen LogP contribution in [0.15, 0.2) is 0 Å². The van der Waals surface area contributed by atoms with Crippen LogP contribution in [0.5, 0.6) is 0 Å². The Morgan fingerprint density at radius 1 is 1.08 bits per heavy atom. The number of carbonyl (C=O) groups excluding carboxylic acids is 2. The summed E-state index contributed by atoms with van der Waals surface area (Å²) in [4.78, 5) is 35.9. The number of carboxylic acids is 1. The van der Waals surface area contributed by atoms with Gasteiger partial charge >= 0.3 is 12.1 Å². The van der Waals surface area contributed by atoms with Gasteiger partial charge in [0.05, 0.1) is 0 Å². The number of nitrogens with one attached hydrogen (secondary N) is 2. The molecule has 7 nitrogen and oxygen atoms in total. The molecule has 0 spiro atoms. The zero-order valence-electron chi connectivity index (χ0n) is 16.7. The molecule has 0 bridgehead atoms. The Morgan fingerprint density at radius 2 is 1.65 bits per heavy atom.